The average Bonchev–Trinajstić information content (AvgIpc) is 3.00. The maximum absolute atomic E-state index is 3.90. The van der Waals surface area contributed by atoms with Crippen molar-refractivity contribution in [3.8, 4) is 0 Å². The number of nitrogens with zero attached hydrogens (tertiary/aromatic N) is 1. The van der Waals surface area contributed by atoms with E-state index >= 15 is 0 Å². The van der Waals surface area contributed by atoms with E-state index in [-0.39, 0.29) is 0 Å². The quantitative estimate of drug-likeness (QED) is 0.822. The van der Waals surface area contributed by atoms with Gasteiger partial charge in [0.25, 0.3) is 0 Å². The SMILES string of the molecule is CCC1CCC(N2CC3(CCCC3)NCC2C)C1C. The summed E-state index contributed by atoms with van der Waals surface area (Å²) >= 11 is 0. The Balaban J connectivity index is 1.71. The van der Waals surface area contributed by atoms with Gasteiger partial charge in [-0.1, -0.05) is 33.1 Å². The van der Waals surface area contributed by atoms with Crippen LogP contribution in [0.25, 0.3) is 0 Å². The minimum atomic E-state index is 0.483. The van der Waals surface area contributed by atoms with Crippen LogP contribution in [0.15, 0.2) is 0 Å². The molecule has 0 aromatic heterocycles. The third-order valence-corrected chi connectivity index (χ3v) is 6.52. The van der Waals surface area contributed by atoms with Gasteiger partial charge in [0, 0.05) is 30.7 Å². The number of rotatable bonds is 2. The zero-order valence-electron chi connectivity index (χ0n) is 13.1. The molecule has 0 amide bonds. The second kappa shape index (κ2) is 5.37. The van der Waals surface area contributed by atoms with Crippen LogP contribution in [0.1, 0.15) is 65.7 Å². The third-order valence-electron chi connectivity index (χ3n) is 6.52. The number of hydrogen-bond acceptors (Lipinski definition) is 2. The lowest BCUT2D eigenvalue weighted by Gasteiger charge is -2.49. The van der Waals surface area contributed by atoms with Crippen molar-refractivity contribution in [1.82, 2.24) is 10.2 Å². The first-order chi connectivity index (χ1) is 9.15. The fourth-order valence-electron chi connectivity index (χ4n) is 5.14. The van der Waals surface area contributed by atoms with Crippen molar-refractivity contribution in [3.05, 3.63) is 0 Å². The molecule has 3 fully saturated rings. The van der Waals surface area contributed by atoms with Crippen molar-refractivity contribution in [2.45, 2.75) is 83.3 Å². The molecule has 4 unspecified atom stereocenters. The summed E-state index contributed by atoms with van der Waals surface area (Å²) in [6.45, 7) is 9.85. The molecule has 2 heteroatoms. The first-order valence-corrected chi connectivity index (χ1v) is 8.66. The van der Waals surface area contributed by atoms with Crippen LogP contribution in [-0.4, -0.2) is 35.6 Å². The average molecular weight is 264 g/mol. The lowest BCUT2D eigenvalue weighted by Crippen LogP contribution is -2.64. The van der Waals surface area contributed by atoms with Crippen molar-refractivity contribution < 1.29 is 0 Å². The summed E-state index contributed by atoms with van der Waals surface area (Å²) in [5.41, 5.74) is 0.483. The smallest absolute Gasteiger partial charge is 0.0309 e. The first kappa shape index (κ1) is 13.9. The Bertz CT molecular complexity index is 308. The third kappa shape index (κ3) is 2.47. The highest BCUT2D eigenvalue weighted by atomic mass is 15.3. The van der Waals surface area contributed by atoms with Crippen LogP contribution in [0.5, 0.6) is 0 Å². The van der Waals surface area contributed by atoms with Gasteiger partial charge < -0.3 is 5.32 Å². The van der Waals surface area contributed by atoms with Gasteiger partial charge in [-0.05, 0) is 44.4 Å². The van der Waals surface area contributed by atoms with Crippen LogP contribution < -0.4 is 5.32 Å². The fourth-order valence-corrected chi connectivity index (χ4v) is 5.14. The van der Waals surface area contributed by atoms with Gasteiger partial charge in [0.05, 0.1) is 0 Å². The Morgan fingerprint density at radius 3 is 2.53 bits per heavy atom. The van der Waals surface area contributed by atoms with Crippen molar-refractivity contribution in [1.29, 1.82) is 0 Å². The van der Waals surface area contributed by atoms with Crippen LogP contribution in [0.4, 0.5) is 0 Å². The molecule has 110 valence electrons. The summed E-state index contributed by atoms with van der Waals surface area (Å²) in [4.78, 5) is 2.89. The topological polar surface area (TPSA) is 15.3 Å². The summed E-state index contributed by atoms with van der Waals surface area (Å²) < 4.78 is 0. The van der Waals surface area contributed by atoms with Gasteiger partial charge in [0.15, 0.2) is 0 Å². The lowest BCUT2D eigenvalue weighted by molar-refractivity contribution is 0.0340. The summed E-state index contributed by atoms with van der Waals surface area (Å²) in [6, 6.07) is 1.59. The van der Waals surface area contributed by atoms with Crippen LogP contribution >= 0.6 is 0 Å². The maximum atomic E-state index is 3.90. The van der Waals surface area contributed by atoms with E-state index in [0.29, 0.717) is 5.54 Å². The molecular formula is C17H32N2. The largest absolute Gasteiger partial charge is 0.308 e. The second-order valence-electron chi connectivity index (χ2n) is 7.56. The molecule has 0 radical (unpaired) electrons. The van der Waals surface area contributed by atoms with Crippen LogP contribution in [0, 0.1) is 11.8 Å². The van der Waals surface area contributed by atoms with Gasteiger partial charge in [-0.25, -0.2) is 0 Å². The predicted molar refractivity (Wildman–Crippen MR) is 81.3 cm³/mol. The van der Waals surface area contributed by atoms with Gasteiger partial charge in [-0.3, -0.25) is 4.90 Å². The van der Waals surface area contributed by atoms with Gasteiger partial charge in [-0.15, -0.1) is 0 Å². The molecule has 2 saturated carbocycles. The second-order valence-corrected chi connectivity index (χ2v) is 7.56. The number of nitrogens with one attached hydrogen (secondary N) is 1. The normalized spacial score (nSPS) is 43.1. The standard InChI is InChI=1S/C17H32N2/c1-4-15-7-8-16(14(15)3)19-12-17(9-5-6-10-17)18-11-13(19)2/h13-16,18H,4-12H2,1-3H3. The lowest BCUT2D eigenvalue weighted by atomic mass is 9.88. The van der Waals surface area contributed by atoms with Crippen LogP contribution in [0.3, 0.4) is 0 Å². The summed E-state index contributed by atoms with van der Waals surface area (Å²) in [6.07, 6.45) is 9.98. The Hall–Kier alpha value is -0.0800. The molecule has 1 heterocycles. The molecule has 0 aromatic carbocycles. The van der Waals surface area contributed by atoms with E-state index in [4.69, 9.17) is 0 Å². The van der Waals surface area contributed by atoms with Gasteiger partial charge >= 0.3 is 0 Å². The van der Waals surface area contributed by atoms with Crippen molar-refractivity contribution in [2.24, 2.45) is 11.8 Å². The molecule has 1 aliphatic heterocycles. The molecular weight excluding hydrogens is 232 g/mol. The van der Waals surface area contributed by atoms with Gasteiger partial charge in [-0.2, -0.15) is 0 Å². The number of hydrogen-bond donors (Lipinski definition) is 1. The Labute approximate surface area is 119 Å². The first-order valence-electron chi connectivity index (χ1n) is 8.66. The van der Waals surface area contributed by atoms with Gasteiger partial charge in [0.2, 0.25) is 0 Å². The fraction of sp³-hybridized carbons (Fsp3) is 1.00. The predicted octanol–water partition coefficient (Wildman–Crippen LogP) is 3.42. The van der Waals surface area contributed by atoms with E-state index in [9.17, 15) is 0 Å². The van der Waals surface area contributed by atoms with E-state index in [1.165, 1.54) is 58.0 Å². The van der Waals surface area contributed by atoms with Crippen LogP contribution in [0.2, 0.25) is 0 Å². The highest BCUT2D eigenvalue weighted by Crippen LogP contribution is 2.41. The highest BCUT2D eigenvalue weighted by Gasteiger charge is 2.45. The summed E-state index contributed by atoms with van der Waals surface area (Å²) in [5.74, 6) is 1.88. The molecule has 1 spiro atoms. The Kier molecular flexibility index (Phi) is 3.92. The molecule has 1 N–H and O–H groups in total. The molecule has 19 heavy (non-hydrogen) atoms. The molecule has 2 nitrogen and oxygen atoms in total. The minimum absolute atomic E-state index is 0.483. The number of piperazine rings is 1. The molecule has 3 aliphatic rings. The molecule has 0 aromatic rings. The maximum Gasteiger partial charge on any atom is 0.0309 e. The van der Waals surface area contributed by atoms with Crippen LogP contribution in [-0.2, 0) is 0 Å². The molecule has 1 saturated heterocycles. The Morgan fingerprint density at radius 1 is 1.16 bits per heavy atom. The molecule has 2 aliphatic carbocycles. The van der Waals surface area contributed by atoms with E-state index in [1.807, 2.05) is 0 Å². The molecule has 4 atom stereocenters. The Morgan fingerprint density at radius 2 is 1.89 bits per heavy atom. The zero-order valence-corrected chi connectivity index (χ0v) is 13.1. The van der Waals surface area contributed by atoms with Crippen molar-refractivity contribution in [3.63, 3.8) is 0 Å². The van der Waals surface area contributed by atoms with E-state index < -0.39 is 0 Å². The van der Waals surface area contributed by atoms with Crippen molar-refractivity contribution in [2.75, 3.05) is 13.1 Å². The highest BCUT2D eigenvalue weighted by molar-refractivity contribution is 5.03. The minimum Gasteiger partial charge on any atom is -0.308 e. The van der Waals surface area contributed by atoms with Gasteiger partial charge in [0.1, 0.15) is 0 Å². The summed E-state index contributed by atoms with van der Waals surface area (Å²) in [5, 5.41) is 3.90. The van der Waals surface area contributed by atoms with E-state index in [1.54, 1.807) is 0 Å². The monoisotopic (exact) mass is 264 g/mol. The molecule has 0 bridgehead atoms. The van der Waals surface area contributed by atoms with E-state index in [0.717, 1.165) is 23.9 Å². The molecule has 3 rings (SSSR count). The van der Waals surface area contributed by atoms with E-state index in [2.05, 4.69) is 31.0 Å². The summed E-state index contributed by atoms with van der Waals surface area (Å²) in [7, 11) is 0. The van der Waals surface area contributed by atoms with Crippen molar-refractivity contribution >= 4 is 0 Å². The zero-order chi connectivity index (χ0) is 13.5.